The first-order valence-electron chi connectivity index (χ1n) is 12.0. The summed E-state index contributed by atoms with van der Waals surface area (Å²) >= 11 is 4.65. The minimum absolute atomic E-state index is 0.137. The molecular formula is C25H38I3NO3. The van der Waals surface area contributed by atoms with Crippen LogP contribution in [-0.2, 0) is 0 Å². The molecule has 0 aliphatic heterocycles. The number of aliphatic hydroxyl groups is 1. The van der Waals surface area contributed by atoms with E-state index in [4.69, 9.17) is 10.2 Å². The smallest absolute Gasteiger partial charge is 0.335 e. The Kier molecular flexibility index (Phi) is 8.04. The Morgan fingerprint density at radius 2 is 1.78 bits per heavy atom. The molecule has 0 aromatic carbocycles. The van der Waals surface area contributed by atoms with Crippen LogP contribution in [0.25, 0.3) is 0 Å². The average Bonchev–Trinajstić information content (AvgIpc) is 3.00. The van der Waals surface area contributed by atoms with E-state index in [2.05, 4.69) is 56.0 Å². The Balaban J connectivity index is 0.000000567. The molecule has 182 valence electrons. The Morgan fingerprint density at radius 1 is 1.06 bits per heavy atom. The molecule has 0 spiro atoms. The maximum absolute atomic E-state index is 12.2. The summed E-state index contributed by atoms with van der Waals surface area (Å²) in [6, 6.07) is 3.81. The van der Waals surface area contributed by atoms with Crippen LogP contribution in [0.15, 0.2) is 27.6 Å². The molecule has 4 aliphatic carbocycles. The van der Waals surface area contributed by atoms with Gasteiger partial charge < -0.3 is 15.3 Å². The largest absolute Gasteiger partial charge is 0.431 e. The van der Waals surface area contributed by atoms with E-state index < -0.39 is 5.60 Å². The fourth-order valence-electron chi connectivity index (χ4n) is 8.36. The SMILES string of the molecule is CI(I)I.C[C@]12CC[C@H](N)C[C@H]1CCC1C2CC[C@]2(C)[C@@H](c3ccc(=O)oc3)CC[C@]12O. The van der Waals surface area contributed by atoms with Crippen molar-refractivity contribution in [1.29, 1.82) is 0 Å². The van der Waals surface area contributed by atoms with Gasteiger partial charge in [-0.2, -0.15) is 0 Å². The summed E-state index contributed by atoms with van der Waals surface area (Å²) in [5.41, 5.74) is 6.70. The zero-order valence-electron chi connectivity index (χ0n) is 19.5. The van der Waals surface area contributed by atoms with Gasteiger partial charge in [0.05, 0.1) is 11.9 Å². The minimum Gasteiger partial charge on any atom is -0.431 e. The molecule has 0 radical (unpaired) electrons. The quantitative estimate of drug-likeness (QED) is 0.237. The van der Waals surface area contributed by atoms with Crippen molar-refractivity contribution >= 4 is 49.1 Å². The van der Waals surface area contributed by atoms with Crippen molar-refractivity contribution in [2.24, 2.45) is 34.3 Å². The van der Waals surface area contributed by atoms with Crippen molar-refractivity contribution in [3.05, 3.63) is 34.4 Å². The molecule has 4 nitrogen and oxygen atoms in total. The van der Waals surface area contributed by atoms with Crippen LogP contribution >= 0.6 is 49.1 Å². The van der Waals surface area contributed by atoms with E-state index in [0.29, 0.717) is 23.3 Å². The molecule has 4 saturated carbocycles. The van der Waals surface area contributed by atoms with Crippen LogP contribution in [0.2, 0.25) is 0 Å². The Labute approximate surface area is 219 Å². The molecule has 4 fully saturated rings. The number of alkyl halides is 1. The maximum atomic E-state index is 12.2. The maximum Gasteiger partial charge on any atom is 0.335 e. The molecule has 8 atom stereocenters. The first-order chi connectivity index (χ1) is 15.0. The van der Waals surface area contributed by atoms with E-state index in [0.717, 1.165) is 43.6 Å². The third kappa shape index (κ3) is 4.49. The van der Waals surface area contributed by atoms with Gasteiger partial charge in [-0.15, -0.1) is 0 Å². The van der Waals surface area contributed by atoms with Crippen LogP contribution < -0.4 is 11.4 Å². The Bertz CT molecular complexity index is 855. The van der Waals surface area contributed by atoms with Gasteiger partial charge in [0.1, 0.15) is 0 Å². The van der Waals surface area contributed by atoms with Gasteiger partial charge in [-0.1, -0.05) is 13.8 Å². The van der Waals surface area contributed by atoms with Crippen molar-refractivity contribution in [1.82, 2.24) is 0 Å². The van der Waals surface area contributed by atoms with Crippen LogP contribution in [0.5, 0.6) is 0 Å². The second-order valence-electron chi connectivity index (χ2n) is 11.2. The van der Waals surface area contributed by atoms with Crippen LogP contribution in [-0.4, -0.2) is 21.7 Å². The molecule has 5 rings (SSSR count). The van der Waals surface area contributed by atoms with Crippen LogP contribution in [0.1, 0.15) is 83.1 Å². The third-order valence-corrected chi connectivity index (χ3v) is 10.0. The average molecular weight is 781 g/mol. The molecule has 1 aromatic rings. The van der Waals surface area contributed by atoms with E-state index in [1.807, 2.05) is 6.07 Å². The summed E-state index contributed by atoms with van der Waals surface area (Å²) in [4.78, 5) is 13.7. The molecule has 0 bridgehead atoms. The molecule has 0 saturated heterocycles. The number of halogens is 3. The molecule has 0 amide bonds. The molecule has 4 aliphatic rings. The zero-order valence-corrected chi connectivity index (χ0v) is 25.9. The molecule has 2 unspecified atom stereocenters. The number of fused-ring (bicyclic) bond motifs is 5. The topological polar surface area (TPSA) is 76.5 Å². The van der Waals surface area contributed by atoms with Crippen molar-refractivity contribution in [3.8, 4) is 0 Å². The van der Waals surface area contributed by atoms with Crippen LogP contribution in [0, 0.1) is 28.6 Å². The number of rotatable bonds is 1. The summed E-state index contributed by atoms with van der Waals surface area (Å²) in [7, 11) is 0. The first-order valence-corrected chi connectivity index (χ1v) is 26.7. The van der Waals surface area contributed by atoms with E-state index in [1.54, 1.807) is 6.26 Å². The standard InChI is InChI=1S/C24H35NO3.CH3I3/c1-22-10-7-17(25)13-16(22)4-5-20-19(22)8-11-23(2)18(9-12-24(20,23)27)15-3-6-21(26)28-14-15;1-4(2)3/h3,6,14,16-20,27H,4-5,7-13,25H2,1-2H3;1H3/t16-,17+,18-,19?,20?,22+,23-,24+;/m1./s1. The Morgan fingerprint density at radius 3 is 2.44 bits per heavy atom. The van der Waals surface area contributed by atoms with Gasteiger partial charge in [-0.25, -0.2) is 4.79 Å². The van der Waals surface area contributed by atoms with Gasteiger partial charge in [-0.3, -0.25) is 0 Å². The second-order valence-corrected chi connectivity index (χ2v) is 40.0. The van der Waals surface area contributed by atoms with E-state index in [1.165, 1.54) is 31.7 Å². The minimum atomic E-state index is -0.607. The summed E-state index contributed by atoms with van der Waals surface area (Å²) < 4.78 is 5.18. The van der Waals surface area contributed by atoms with Crippen molar-refractivity contribution < 1.29 is 9.52 Å². The van der Waals surface area contributed by atoms with E-state index >= 15 is 0 Å². The van der Waals surface area contributed by atoms with Gasteiger partial charge in [0.25, 0.3) is 0 Å². The molecular weight excluding hydrogens is 743 g/mol. The van der Waals surface area contributed by atoms with Crippen molar-refractivity contribution in [3.63, 3.8) is 0 Å². The number of hydrogen-bond donors (Lipinski definition) is 2. The fraction of sp³-hybridized carbons (Fsp3) is 0.800. The summed E-state index contributed by atoms with van der Waals surface area (Å²) in [6.07, 6.45) is 11.6. The summed E-state index contributed by atoms with van der Waals surface area (Å²) in [6.45, 7) is 4.81. The monoisotopic (exact) mass is 781 g/mol. The Hall–Kier alpha value is 1.06. The first kappa shape index (κ1) is 26.1. The molecule has 3 N–H and O–H groups in total. The van der Waals surface area contributed by atoms with Crippen LogP contribution in [0.4, 0.5) is 0 Å². The number of nitrogens with two attached hydrogens (primary N) is 1. The van der Waals surface area contributed by atoms with E-state index in [9.17, 15) is 9.90 Å². The molecule has 1 aromatic heterocycles. The van der Waals surface area contributed by atoms with Gasteiger partial charge in [0.2, 0.25) is 0 Å². The molecule has 32 heavy (non-hydrogen) atoms. The molecule has 7 heteroatoms. The fourth-order valence-corrected chi connectivity index (χ4v) is 8.36. The predicted octanol–water partition coefficient (Wildman–Crippen LogP) is 7.03. The van der Waals surface area contributed by atoms with E-state index in [-0.39, 0.29) is 28.8 Å². The van der Waals surface area contributed by atoms with Gasteiger partial charge >= 0.3 is 59.7 Å². The van der Waals surface area contributed by atoms with Crippen LogP contribution in [0.3, 0.4) is 0 Å². The van der Waals surface area contributed by atoms with Gasteiger partial charge in [-0.05, 0) is 98.5 Å². The van der Waals surface area contributed by atoms with Crippen molar-refractivity contribution in [2.45, 2.75) is 89.2 Å². The van der Waals surface area contributed by atoms with Gasteiger partial charge in [0, 0.05) is 17.5 Å². The van der Waals surface area contributed by atoms with Crippen molar-refractivity contribution in [2.75, 3.05) is 4.93 Å². The number of hydrogen-bond acceptors (Lipinski definition) is 4. The third-order valence-electron chi connectivity index (χ3n) is 10.0. The normalized spacial score (nSPS) is 45.6. The zero-order chi connectivity index (χ0) is 23.3. The molecule has 1 heterocycles. The summed E-state index contributed by atoms with van der Waals surface area (Å²) in [5.74, 6) is 2.01. The summed E-state index contributed by atoms with van der Waals surface area (Å²) in [5, 5.41) is 12.2. The van der Waals surface area contributed by atoms with Gasteiger partial charge in [0.15, 0.2) is 0 Å². The predicted molar refractivity (Wildman–Crippen MR) is 157 cm³/mol. The second kappa shape index (κ2) is 9.84.